The van der Waals surface area contributed by atoms with Crippen LogP contribution in [0, 0.1) is 0 Å². The molecule has 4 nitrogen and oxygen atoms in total. The SMILES string of the molecule is COc1ccc(C(=O)/C(=C/c2ccccc2)CC(C)=O)cc1OC. The van der Waals surface area contributed by atoms with Crippen molar-refractivity contribution < 1.29 is 19.1 Å². The number of Topliss-reactive ketones (excluding diaryl/α,β-unsaturated/α-hetero) is 2. The number of methoxy groups -OCH3 is 2. The van der Waals surface area contributed by atoms with Crippen molar-refractivity contribution in [3.8, 4) is 11.5 Å². The van der Waals surface area contributed by atoms with Gasteiger partial charge in [-0.15, -0.1) is 0 Å². The van der Waals surface area contributed by atoms with Crippen LogP contribution in [0.15, 0.2) is 54.1 Å². The van der Waals surface area contributed by atoms with Gasteiger partial charge in [0.1, 0.15) is 5.78 Å². The zero-order chi connectivity index (χ0) is 17.5. The maximum absolute atomic E-state index is 12.8. The number of carbonyl (C=O) groups is 2. The van der Waals surface area contributed by atoms with Crippen LogP contribution in [0.5, 0.6) is 11.5 Å². The Morgan fingerprint density at radius 3 is 2.21 bits per heavy atom. The second kappa shape index (κ2) is 8.11. The van der Waals surface area contributed by atoms with Crippen LogP contribution in [0.2, 0.25) is 0 Å². The smallest absolute Gasteiger partial charge is 0.189 e. The fourth-order valence-electron chi connectivity index (χ4n) is 2.38. The molecule has 0 saturated carbocycles. The van der Waals surface area contributed by atoms with Crippen molar-refractivity contribution in [2.75, 3.05) is 14.2 Å². The fourth-order valence-corrected chi connectivity index (χ4v) is 2.38. The number of hydrogen-bond acceptors (Lipinski definition) is 4. The second-order valence-corrected chi connectivity index (χ2v) is 5.36. The standard InChI is InChI=1S/C20H20O4/c1-14(21)11-17(12-15-7-5-4-6-8-15)20(22)16-9-10-18(23-2)19(13-16)24-3/h4-10,12-13H,11H2,1-3H3/b17-12+. The van der Waals surface area contributed by atoms with E-state index in [0.29, 0.717) is 22.6 Å². The van der Waals surface area contributed by atoms with E-state index < -0.39 is 0 Å². The number of hydrogen-bond donors (Lipinski definition) is 0. The summed E-state index contributed by atoms with van der Waals surface area (Å²) < 4.78 is 10.4. The molecule has 0 unspecified atom stereocenters. The van der Waals surface area contributed by atoms with Crippen molar-refractivity contribution in [3.05, 3.63) is 65.2 Å². The third kappa shape index (κ3) is 4.32. The lowest BCUT2D eigenvalue weighted by molar-refractivity contribution is -0.116. The summed E-state index contributed by atoms with van der Waals surface area (Å²) in [5, 5.41) is 0. The summed E-state index contributed by atoms with van der Waals surface area (Å²) in [7, 11) is 3.05. The summed E-state index contributed by atoms with van der Waals surface area (Å²) in [4.78, 5) is 24.4. The molecule has 0 spiro atoms. The maximum Gasteiger partial charge on any atom is 0.189 e. The van der Waals surface area contributed by atoms with Gasteiger partial charge in [0.15, 0.2) is 17.3 Å². The number of allylic oxidation sites excluding steroid dienone is 1. The van der Waals surface area contributed by atoms with E-state index in [-0.39, 0.29) is 18.0 Å². The molecule has 24 heavy (non-hydrogen) atoms. The molecule has 0 bridgehead atoms. The summed E-state index contributed by atoms with van der Waals surface area (Å²) in [6.07, 6.45) is 1.84. The van der Waals surface area contributed by atoms with Gasteiger partial charge in [-0.05, 0) is 36.8 Å². The average molecular weight is 324 g/mol. The Bertz CT molecular complexity index is 760. The molecule has 4 heteroatoms. The van der Waals surface area contributed by atoms with Crippen molar-refractivity contribution in [1.82, 2.24) is 0 Å². The molecule has 2 rings (SSSR count). The molecule has 0 heterocycles. The first-order valence-corrected chi connectivity index (χ1v) is 7.57. The molecular weight excluding hydrogens is 304 g/mol. The molecule has 0 fully saturated rings. The summed E-state index contributed by atoms with van der Waals surface area (Å²) >= 11 is 0. The quantitative estimate of drug-likeness (QED) is 0.571. The van der Waals surface area contributed by atoms with Gasteiger partial charge in [0.05, 0.1) is 14.2 Å². The Balaban J connectivity index is 2.41. The van der Waals surface area contributed by atoms with Gasteiger partial charge in [-0.3, -0.25) is 9.59 Å². The lowest BCUT2D eigenvalue weighted by Gasteiger charge is -2.10. The zero-order valence-electron chi connectivity index (χ0n) is 14.0. The molecule has 0 atom stereocenters. The fraction of sp³-hybridized carbons (Fsp3) is 0.200. The summed E-state index contributed by atoms with van der Waals surface area (Å²) in [6.45, 7) is 1.47. The van der Waals surface area contributed by atoms with Crippen LogP contribution in [0.4, 0.5) is 0 Å². The van der Waals surface area contributed by atoms with Crippen LogP contribution >= 0.6 is 0 Å². The third-order valence-corrected chi connectivity index (χ3v) is 3.52. The Hall–Kier alpha value is -2.88. The van der Waals surface area contributed by atoms with Crippen LogP contribution in [-0.2, 0) is 4.79 Å². The van der Waals surface area contributed by atoms with Crippen LogP contribution in [-0.4, -0.2) is 25.8 Å². The highest BCUT2D eigenvalue weighted by atomic mass is 16.5. The minimum atomic E-state index is -0.199. The largest absolute Gasteiger partial charge is 0.493 e. The van der Waals surface area contributed by atoms with Crippen LogP contribution in [0.3, 0.4) is 0 Å². The number of ether oxygens (including phenoxy) is 2. The number of ketones is 2. The molecule has 2 aromatic rings. The van der Waals surface area contributed by atoms with Gasteiger partial charge in [-0.1, -0.05) is 30.3 Å². The average Bonchev–Trinajstić information content (AvgIpc) is 2.60. The Morgan fingerprint density at radius 2 is 1.62 bits per heavy atom. The Labute approximate surface area is 141 Å². The van der Waals surface area contributed by atoms with Crippen molar-refractivity contribution in [3.63, 3.8) is 0 Å². The number of carbonyl (C=O) groups excluding carboxylic acids is 2. The van der Waals surface area contributed by atoms with Crippen LogP contribution in [0.25, 0.3) is 6.08 Å². The van der Waals surface area contributed by atoms with Crippen LogP contribution < -0.4 is 9.47 Å². The minimum Gasteiger partial charge on any atom is -0.493 e. The van der Waals surface area contributed by atoms with E-state index >= 15 is 0 Å². The van der Waals surface area contributed by atoms with E-state index in [1.165, 1.54) is 21.1 Å². The molecule has 0 aromatic heterocycles. The van der Waals surface area contributed by atoms with Crippen LogP contribution in [0.1, 0.15) is 29.3 Å². The van der Waals surface area contributed by atoms with Gasteiger partial charge in [0.2, 0.25) is 0 Å². The molecule has 124 valence electrons. The number of rotatable bonds is 7. The Kier molecular flexibility index (Phi) is 5.90. The van der Waals surface area contributed by atoms with Gasteiger partial charge in [-0.25, -0.2) is 0 Å². The van der Waals surface area contributed by atoms with E-state index in [1.807, 2.05) is 30.3 Å². The van der Waals surface area contributed by atoms with Gasteiger partial charge in [0, 0.05) is 17.6 Å². The normalized spacial score (nSPS) is 11.0. The molecule has 0 aliphatic rings. The highest BCUT2D eigenvalue weighted by Crippen LogP contribution is 2.29. The molecule has 2 aromatic carbocycles. The van der Waals surface area contributed by atoms with Gasteiger partial charge < -0.3 is 9.47 Å². The van der Waals surface area contributed by atoms with Crippen molar-refractivity contribution in [1.29, 1.82) is 0 Å². The molecule has 0 aliphatic carbocycles. The molecule has 0 saturated heterocycles. The van der Waals surface area contributed by atoms with Crippen molar-refractivity contribution >= 4 is 17.6 Å². The van der Waals surface area contributed by atoms with Gasteiger partial charge in [-0.2, -0.15) is 0 Å². The minimum absolute atomic E-state index is 0.0639. The highest BCUT2D eigenvalue weighted by molar-refractivity contribution is 6.13. The first kappa shape index (κ1) is 17.5. The van der Waals surface area contributed by atoms with E-state index in [4.69, 9.17) is 9.47 Å². The van der Waals surface area contributed by atoms with E-state index in [1.54, 1.807) is 24.3 Å². The molecule has 0 N–H and O–H groups in total. The topological polar surface area (TPSA) is 52.6 Å². The first-order chi connectivity index (χ1) is 11.5. The molecule has 0 aliphatic heterocycles. The zero-order valence-corrected chi connectivity index (χ0v) is 14.0. The molecule has 0 amide bonds. The predicted octanol–water partition coefficient (Wildman–Crippen LogP) is 3.95. The van der Waals surface area contributed by atoms with Crippen molar-refractivity contribution in [2.45, 2.75) is 13.3 Å². The van der Waals surface area contributed by atoms with E-state index in [9.17, 15) is 9.59 Å². The van der Waals surface area contributed by atoms with E-state index in [0.717, 1.165) is 5.56 Å². The second-order valence-electron chi connectivity index (χ2n) is 5.36. The summed E-state index contributed by atoms with van der Waals surface area (Å²) in [6, 6.07) is 14.4. The maximum atomic E-state index is 12.8. The summed E-state index contributed by atoms with van der Waals surface area (Å²) in [5.41, 5.74) is 1.78. The number of benzene rings is 2. The Morgan fingerprint density at radius 1 is 0.958 bits per heavy atom. The highest BCUT2D eigenvalue weighted by Gasteiger charge is 2.16. The van der Waals surface area contributed by atoms with E-state index in [2.05, 4.69) is 0 Å². The lowest BCUT2D eigenvalue weighted by atomic mass is 9.97. The molecular formula is C20H20O4. The van der Waals surface area contributed by atoms with Gasteiger partial charge >= 0.3 is 0 Å². The first-order valence-electron chi connectivity index (χ1n) is 7.57. The lowest BCUT2D eigenvalue weighted by Crippen LogP contribution is -2.07. The predicted molar refractivity (Wildman–Crippen MR) is 93.6 cm³/mol. The monoisotopic (exact) mass is 324 g/mol. The third-order valence-electron chi connectivity index (χ3n) is 3.52. The summed E-state index contributed by atoms with van der Waals surface area (Å²) in [5.74, 6) is 0.764. The van der Waals surface area contributed by atoms with Crippen molar-refractivity contribution in [2.24, 2.45) is 0 Å². The molecule has 0 radical (unpaired) electrons. The van der Waals surface area contributed by atoms with Gasteiger partial charge in [0.25, 0.3) is 0 Å².